The van der Waals surface area contributed by atoms with Crippen molar-refractivity contribution in [3.63, 3.8) is 0 Å². The van der Waals surface area contributed by atoms with Gasteiger partial charge in [0.1, 0.15) is 6.04 Å². The van der Waals surface area contributed by atoms with E-state index in [1.807, 2.05) is 0 Å². The molecule has 0 radical (unpaired) electrons. The van der Waals surface area contributed by atoms with Crippen LogP contribution in [-0.2, 0) is 16.0 Å². The van der Waals surface area contributed by atoms with Gasteiger partial charge in [0.25, 0.3) is 11.5 Å². The second-order valence-corrected chi connectivity index (χ2v) is 6.92. The van der Waals surface area contributed by atoms with Crippen LogP contribution in [0.25, 0.3) is 0 Å². The number of nitrogens with two attached hydrogens (primary N) is 1. The zero-order valence-corrected chi connectivity index (χ0v) is 17.0. The Bertz CT molecular complexity index is 1000. The lowest BCUT2D eigenvalue weighted by molar-refractivity contribution is -0.140. The molecule has 0 aliphatic heterocycles. The number of hydrogen-bond donors (Lipinski definition) is 6. The molecule has 2 rings (SSSR count). The number of aliphatic carboxylic acids is 2. The van der Waals surface area contributed by atoms with Crippen molar-refractivity contribution in [2.45, 2.75) is 38.6 Å². The van der Waals surface area contributed by atoms with Crippen molar-refractivity contribution in [2.75, 3.05) is 17.6 Å². The number of H-pyrrole nitrogens is 1. The van der Waals surface area contributed by atoms with Gasteiger partial charge in [-0.1, -0.05) is 0 Å². The monoisotopic (exact) mass is 431 g/mol. The molecule has 0 spiro atoms. The molecule has 11 nitrogen and oxygen atoms in total. The van der Waals surface area contributed by atoms with Gasteiger partial charge in [-0.25, -0.2) is 9.78 Å². The van der Waals surface area contributed by atoms with Gasteiger partial charge in [0, 0.05) is 35.5 Å². The third-order valence-electron chi connectivity index (χ3n) is 4.57. The van der Waals surface area contributed by atoms with Crippen LogP contribution in [0.15, 0.2) is 29.1 Å². The van der Waals surface area contributed by atoms with E-state index >= 15 is 0 Å². The molecule has 1 aromatic carbocycles. The highest BCUT2D eigenvalue weighted by Crippen LogP contribution is 2.11. The molecule has 166 valence electrons. The minimum atomic E-state index is -1.29. The highest BCUT2D eigenvalue weighted by molar-refractivity contribution is 5.96. The summed E-state index contributed by atoms with van der Waals surface area (Å²) in [6.07, 6.45) is 0.621. The van der Waals surface area contributed by atoms with Crippen LogP contribution in [-0.4, -0.2) is 50.6 Å². The number of carbonyl (C=O) groups is 3. The Balaban J connectivity index is 1.86. The molecule has 0 aliphatic rings. The highest BCUT2D eigenvalue weighted by Gasteiger charge is 2.21. The number of carboxylic acid groups (broad SMARTS) is 2. The fourth-order valence-electron chi connectivity index (χ4n) is 2.93. The maximum atomic E-state index is 12.2. The number of aromatic amines is 1. The number of nitrogens with zero attached hydrogens (tertiary/aromatic N) is 1. The van der Waals surface area contributed by atoms with E-state index in [0.29, 0.717) is 30.6 Å². The van der Waals surface area contributed by atoms with Crippen LogP contribution in [0.1, 0.15) is 40.9 Å². The van der Waals surface area contributed by atoms with E-state index in [1.54, 1.807) is 19.1 Å². The number of benzene rings is 1. The smallest absolute Gasteiger partial charge is 0.326 e. The molecule has 11 heteroatoms. The SMILES string of the molecule is Cc1nc(N)[nH]c(=O)c1CCCNc1ccc(C(=O)N[C@@H](CCC(=O)O)C(=O)O)cc1. The number of aryl methyl sites for hydroxylation is 1. The van der Waals surface area contributed by atoms with Gasteiger partial charge in [-0.05, 0) is 50.5 Å². The minimum absolute atomic E-state index is 0.0880. The summed E-state index contributed by atoms with van der Waals surface area (Å²) in [5, 5.41) is 23.3. The number of amides is 1. The second-order valence-electron chi connectivity index (χ2n) is 6.92. The van der Waals surface area contributed by atoms with Crippen LogP contribution in [0.4, 0.5) is 11.6 Å². The number of aromatic nitrogens is 2. The van der Waals surface area contributed by atoms with Gasteiger partial charge in [-0.2, -0.15) is 0 Å². The average molecular weight is 431 g/mol. The average Bonchev–Trinajstić information content (AvgIpc) is 2.69. The van der Waals surface area contributed by atoms with Gasteiger partial charge in [0.15, 0.2) is 0 Å². The zero-order valence-electron chi connectivity index (χ0n) is 17.0. The summed E-state index contributed by atoms with van der Waals surface area (Å²) in [7, 11) is 0. The lowest BCUT2D eigenvalue weighted by Crippen LogP contribution is -2.41. The predicted octanol–water partition coefficient (Wildman–Crippen LogP) is 0.753. The molecule has 1 atom stereocenters. The van der Waals surface area contributed by atoms with Crippen molar-refractivity contribution in [3.05, 3.63) is 51.4 Å². The summed E-state index contributed by atoms with van der Waals surface area (Å²) in [5.41, 5.74) is 7.43. The quantitative estimate of drug-likeness (QED) is 0.279. The molecule has 0 unspecified atom stereocenters. The molecule has 0 saturated heterocycles. The molecule has 1 amide bonds. The Hall–Kier alpha value is -3.89. The van der Waals surface area contributed by atoms with Crippen LogP contribution >= 0.6 is 0 Å². The lowest BCUT2D eigenvalue weighted by atomic mass is 10.1. The topological polar surface area (TPSA) is 187 Å². The summed E-state index contributed by atoms with van der Waals surface area (Å²) >= 11 is 0. The molecule has 2 aromatic rings. The molecule has 0 saturated carbocycles. The normalized spacial score (nSPS) is 11.5. The summed E-state index contributed by atoms with van der Waals surface area (Å²) in [6, 6.07) is 5.13. The van der Waals surface area contributed by atoms with E-state index in [1.165, 1.54) is 12.1 Å². The molecule has 0 fully saturated rings. The molecule has 1 aromatic heterocycles. The van der Waals surface area contributed by atoms with Crippen molar-refractivity contribution < 1.29 is 24.6 Å². The van der Waals surface area contributed by atoms with Crippen LogP contribution in [0.2, 0.25) is 0 Å². The van der Waals surface area contributed by atoms with Crippen LogP contribution in [0, 0.1) is 6.92 Å². The molecule has 1 heterocycles. The Morgan fingerprint density at radius 3 is 2.45 bits per heavy atom. The van der Waals surface area contributed by atoms with Crippen LogP contribution in [0.3, 0.4) is 0 Å². The van der Waals surface area contributed by atoms with Crippen LogP contribution in [0.5, 0.6) is 0 Å². The van der Waals surface area contributed by atoms with E-state index in [4.69, 9.17) is 15.9 Å². The Labute approximate surface area is 177 Å². The standard InChI is InChI=1S/C20H25N5O6/c1-11-14(18(29)25-20(21)23-11)3-2-10-22-13-6-4-12(5-7-13)17(28)24-15(19(30)31)8-9-16(26)27/h4-7,15,22H,2-3,8-10H2,1H3,(H,24,28)(H,26,27)(H,30,31)(H3,21,23,25,29)/t15-/m0/s1. The van der Waals surface area contributed by atoms with E-state index in [0.717, 1.165) is 5.69 Å². The Morgan fingerprint density at radius 1 is 1.19 bits per heavy atom. The summed E-state index contributed by atoms with van der Waals surface area (Å²) in [6.45, 7) is 2.31. The molecule has 31 heavy (non-hydrogen) atoms. The number of nitrogen functional groups attached to an aromatic ring is 1. The van der Waals surface area contributed by atoms with Crippen molar-refractivity contribution >= 4 is 29.5 Å². The number of carboxylic acids is 2. The van der Waals surface area contributed by atoms with Crippen molar-refractivity contribution in [1.29, 1.82) is 0 Å². The molecule has 7 N–H and O–H groups in total. The number of hydrogen-bond acceptors (Lipinski definition) is 7. The van der Waals surface area contributed by atoms with Gasteiger partial charge in [-0.15, -0.1) is 0 Å². The van der Waals surface area contributed by atoms with Gasteiger partial charge in [-0.3, -0.25) is 19.4 Å². The summed E-state index contributed by atoms with van der Waals surface area (Å²) < 4.78 is 0. The van der Waals surface area contributed by atoms with Crippen molar-refractivity contribution in [2.24, 2.45) is 0 Å². The van der Waals surface area contributed by atoms with E-state index < -0.39 is 23.9 Å². The van der Waals surface area contributed by atoms with Crippen molar-refractivity contribution in [1.82, 2.24) is 15.3 Å². The summed E-state index contributed by atoms with van der Waals surface area (Å²) in [4.78, 5) is 52.5. The second kappa shape index (κ2) is 10.8. The first-order valence-electron chi connectivity index (χ1n) is 9.62. The minimum Gasteiger partial charge on any atom is -0.481 e. The first-order chi connectivity index (χ1) is 14.7. The number of carbonyl (C=O) groups excluding carboxylic acids is 1. The van der Waals surface area contributed by atoms with Gasteiger partial charge >= 0.3 is 11.9 Å². The maximum Gasteiger partial charge on any atom is 0.326 e. The van der Waals surface area contributed by atoms with Gasteiger partial charge in [0.2, 0.25) is 5.95 Å². The third kappa shape index (κ3) is 7.14. The van der Waals surface area contributed by atoms with E-state index in [-0.39, 0.29) is 29.9 Å². The van der Waals surface area contributed by atoms with Crippen LogP contribution < -0.4 is 21.9 Å². The van der Waals surface area contributed by atoms with Crippen molar-refractivity contribution in [3.8, 4) is 0 Å². The van der Waals surface area contributed by atoms with E-state index in [9.17, 15) is 19.2 Å². The first kappa shape index (κ1) is 23.4. The fraction of sp³-hybridized carbons (Fsp3) is 0.350. The third-order valence-corrected chi connectivity index (χ3v) is 4.57. The number of rotatable bonds is 11. The molecular weight excluding hydrogens is 406 g/mol. The van der Waals surface area contributed by atoms with E-state index in [2.05, 4.69) is 20.6 Å². The van der Waals surface area contributed by atoms with Gasteiger partial charge in [0.05, 0.1) is 0 Å². The lowest BCUT2D eigenvalue weighted by Gasteiger charge is -2.14. The first-order valence-corrected chi connectivity index (χ1v) is 9.62. The number of anilines is 2. The largest absolute Gasteiger partial charge is 0.481 e. The molecule has 0 aliphatic carbocycles. The summed E-state index contributed by atoms with van der Waals surface area (Å²) in [5.74, 6) is -2.94. The maximum absolute atomic E-state index is 12.2. The Kier molecular flexibility index (Phi) is 8.12. The molecular formula is C20H25N5O6. The fourth-order valence-corrected chi connectivity index (χ4v) is 2.93. The Morgan fingerprint density at radius 2 is 1.87 bits per heavy atom. The highest BCUT2D eigenvalue weighted by atomic mass is 16.4. The predicted molar refractivity (Wildman–Crippen MR) is 113 cm³/mol. The zero-order chi connectivity index (χ0) is 23.0. The number of nitrogens with one attached hydrogen (secondary N) is 3. The van der Waals surface area contributed by atoms with Gasteiger partial charge < -0.3 is 26.6 Å². The molecule has 0 bridgehead atoms.